The van der Waals surface area contributed by atoms with Gasteiger partial charge in [0, 0.05) is 12.1 Å². The summed E-state index contributed by atoms with van der Waals surface area (Å²) in [7, 11) is -3.60. The Kier molecular flexibility index (Phi) is 3.97. The summed E-state index contributed by atoms with van der Waals surface area (Å²) in [6, 6.07) is 5.09. The zero-order chi connectivity index (χ0) is 12.2. The van der Waals surface area contributed by atoms with Crippen LogP contribution in [-0.4, -0.2) is 26.6 Å². The predicted molar refractivity (Wildman–Crippen MR) is 56.7 cm³/mol. The smallest absolute Gasteiger partial charge is 0.251 e. The Labute approximate surface area is 92.5 Å². The number of primary sulfonamides is 1. The highest BCUT2D eigenvalue weighted by molar-refractivity contribution is 7.89. The molecule has 1 aromatic rings. The minimum Gasteiger partial charge on any atom is -0.351 e. The lowest BCUT2D eigenvalue weighted by atomic mass is 10.2. The fourth-order valence-corrected chi connectivity index (χ4v) is 1.43. The lowest BCUT2D eigenvalue weighted by Gasteiger charge is -2.03. The quantitative estimate of drug-likeness (QED) is 0.773. The Morgan fingerprint density at radius 1 is 1.44 bits per heavy atom. The van der Waals surface area contributed by atoms with E-state index in [0.717, 1.165) is 6.07 Å². The minimum atomic E-state index is -3.60. The number of amides is 1. The van der Waals surface area contributed by atoms with Crippen molar-refractivity contribution in [2.45, 2.75) is 0 Å². The van der Waals surface area contributed by atoms with E-state index < -0.39 is 21.7 Å². The molecular formula is C9H11FN2O3S. The molecule has 0 bridgehead atoms. The van der Waals surface area contributed by atoms with E-state index in [1.165, 1.54) is 18.2 Å². The van der Waals surface area contributed by atoms with E-state index in [1.54, 1.807) is 0 Å². The van der Waals surface area contributed by atoms with Crippen LogP contribution in [0.4, 0.5) is 4.39 Å². The molecule has 0 atom stereocenters. The zero-order valence-electron chi connectivity index (χ0n) is 8.31. The average Bonchev–Trinajstić information content (AvgIpc) is 2.15. The lowest BCUT2D eigenvalue weighted by Crippen LogP contribution is -2.31. The molecule has 0 aliphatic heterocycles. The van der Waals surface area contributed by atoms with Crippen molar-refractivity contribution in [3.05, 3.63) is 35.6 Å². The van der Waals surface area contributed by atoms with Crippen LogP contribution in [0.15, 0.2) is 24.3 Å². The van der Waals surface area contributed by atoms with Gasteiger partial charge in [0.05, 0.1) is 5.75 Å². The summed E-state index contributed by atoms with van der Waals surface area (Å²) in [4.78, 5) is 11.4. The van der Waals surface area contributed by atoms with Crippen molar-refractivity contribution in [3.8, 4) is 0 Å². The second kappa shape index (κ2) is 5.04. The fraction of sp³-hybridized carbons (Fsp3) is 0.222. The summed E-state index contributed by atoms with van der Waals surface area (Å²) < 4.78 is 33.9. The summed E-state index contributed by atoms with van der Waals surface area (Å²) in [5.41, 5.74) is 0.134. The molecule has 1 aromatic carbocycles. The molecule has 0 unspecified atom stereocenters. The molecule has 1 rings (SSSR count). The van der Waals surface area contributed by atoms with Crippen LogP contribution in [0.3, 0.4) is 0 Å². The van der Waals surface area contributed by atoms with Gasteiger partial charge in [-0.3, -0.25) is 4.79 Å². The Morgan fingerprint density at radius 2 is 2.12 bits per heavy atom. The van der Waals surface area contributed by atoms with E-state index in [0.29, 0.717) is 0 Å². The summed E-state index contributed by atoms with van der Waals surface area (Å²) in [6.07, 6.45) is 0. The first-order valence-electron chi connectivity index (χ1n) is 4.43. The van der Waals surface area contributed by atoms with E-state index in [-0.39, 0.29) is 17.9 Å². The van der Waals surface area contributed by atoms with Gasteiger partial charge in [0.15, 0.2) is 0 Å². The normalized spacial score (nSPS) is 11.1. The first kappa shape index (κ1) is 12.6. The molecule has 0 aliphatic rings. The number of rotatable bonds is 4. The highest BCUT2D eigenvalue weighted by Gasteiger charge is 2.07. The Hall–Kier alpha value is -1.47. The molecule has 0 saturated heterocycles. The zero-order valence-corrected chi connectivity index (χ0v) is 9.13. The summed E-state index contributed by atoms with van der Waals surface area (Å²) in [6.45, 7) is -0.103. The number of hydrogen-bond acceptors (Lipinski definition) is 3. The van der Waals surface area contributed by atoms with Crippen LogP contribution in [0.25, 0.3) is 0 Å². The standard InChI is InChI=1S/C9H11FN2O3S/c10-8-3-1-2-7(6-8)9(13)12-4-5-16(11,14)15/h1-3,6H,4-5H2,(H,12,13)(H2,11,14,15). The van der Waals surface area contributed by atoms with Gasteiger partial charge in [0.25, 0.3) is 5.91 Å². The predicted octanol–water partition coefficient (Wildman–Crippen LogP) is -0.156. The summed E-state index contributed by atoms with van der Waals surface area (Å²) >= 11 is 0. The first-order chi connectivity index (χ1) is 7.38. The van der Waals surface area contributed by atoms with Crippen LogP contribution in [0, 0.1) is 5.82 Å². The number of nitrogens with one attached hydrogen (secondary N) is 1. The van der Waals surface area contributed by atoms with Gasteiger partial charge in [-0.1, -0.05) is 6.07 Å². The van der Waals surface area contributed by atoms with E-state index in [1.807, 2.05) is 0 Å². The second-order valence-corrected chi connectivity index (χ2v) is 4.87. The van der Waals surface area contributed by atoms with Crippen molar-refractivity contribution >= 4 is 15.9 Å². The molecule has 5 nitrogen and oxygen atoms in total. The van der Waals surface area contributed by atoms with E-state index in [2.05, 4.69) is 5.32 Å². The molecule has 0 spiro atoms. The van der Waals surface area contributed by atoms with Gasteiger partial charge in [-0.05, 0) is 18.2 Å². The number of nitrogens with two attached hydrogens (primary N) is 1. The number of benzene rings is 1. The number of sulfonamides is 1. The monoisotopic (exact) mass is 246 g/mol. The van der Waals surface area contributed by atoms with Gasteiger partial charge >= 0.3 is 0 Å². The van der Waals surface area contributed by atoms with Gasteiger partial charge < -0.3 is 5.32 Å². The highest BCUT2D eigenvalue weighted by atomic mass is 32.2. The van der Waals surface area contributed by atoms with Gasteiger partial charge in [0.2, 0.25) is 10.0 Å². The van der Waals surface area contributed by atoms with Gasteiger partial charge in [-0.15, -0.1) is 0 Å². The SMILES string of the molecule is NS(=O)(=O)CCNC(=O)c1cccc(F)c1. The van der Waals surface area contributed by atoms with Crippen molar-refractivity contribution in [2.75, 3.05) is 12.3 Å². The summed E-state index contributed by atoms with van der Waals surface area (Å²) in [5.74, 6) is -1.42. The van der Waals surface area contributed by atoms with Crippen molar-refractivity contribution in [1.29, 1.82) is 0 Å². The fourth-order valence-electron chi connectivity index (χ4n) is 1.04. The number of carbonyl (C=O) groups is 1. The molecule has 0 fully saturated rings. The molecule has 1 amide bonds. The van der Waals surface area contributed by atoms with Crippen molar-refractivity contribution in [2.24, 2.45) is 5.14 Å². The Morgan fingerprint density at radius 3 is 2.69 bits per heavy atom. The van der Waals surface area contributed by atoms with Crippen LogP contribution >= 0.6 is 0 Å². The third kappa shape index (κ3) is 4.37. The van der Waals surface area contributed by atoms with Crippen molar-refractivity contribution < 1.29 is 17.6 Å². The average molecular weight is 246 g/mol. The molecule has 0 heterocycles. The number of carbonyl (C=O) groups excluding carboxylic acids is 1. The van der Waals surface area contributed by atoms with Crippen LogP contribution in [0.5, 0.6) is 0 Å². The number of hydrogen-bond donors (Lipinski definition) is 2. The van der Waals surface area contributed by atoms with Gasteiger partial charge in [0.1, 0.15) is 5.82 Å². The van der Waals surface area contributed by atoms with E-state index >= 15 is 0 Å². The van der Waals surface area contributed by atoms with Gasteiger partial charge in [-0.2, -0.15) is 0 Å². The molecule has 0 saturated carbocycles. The largest absolute Gasteiger partial charge is 0.351 e. The maximum absolute atomic E-state index is 12.7. The highest BCUT2D eigenvalue weighted by Crippen LogP contribution is 2.02. The van der Waals surface area contributed by atoms with Crippen LogP contribution in [-0.2, 0) is 10.0 Å². The summed E-state index contributed by atoms with van der Waals surface area (Å²) in [5, 5.41) is 7.06. The molecule has 88 valence electrons. The Bertz CT molecular complexity index is 487. The topological polar surface area (TPSA) is 89.3 Å². The third-order valence-electron chi connectivity index (χ3n) is 1.76. The minimum absolute atomic E-state index is 0.103. The van der Waals surface area contributed by atoms with E-state index in [4.69, 9.17) is 5.14 Å². The van der Waals surface area contributed by atoms with Gasteiger partial charge in [-0.25, -0.2) is 17.9 Å². The molecule has 0 aromatic heterocycles. The van der Waals surface area contributed by atoms with Crippen LogP contribution in [0.2, 0.25) is 0 Å². The van der Waals surface area contributed by atoms with Crippen LogP contribution < -0.4 is 10.5 Å². The van der Waals surface area contributed by atoms with E-state index in [9.17, 15) is 17.6 Å². The number of halogens is 1. The van der Waals surface area contributed by atoms with Crippen molar-refractivity contribution in [3.63, 3.8) is 0 Å². The molecule has 3 N–H and O–H groups in total. The molecule has 0 radical (unpaired) electrons. The Balaban J connectivity index is 2.54. The third-order valence-corrected chi connectivity index (χ3v) is 2.53. The maximum atomic E-state index is 12.7. The molecule has 16 heavy (non-hydrogen) atoms. The molecule has 0 aliphatic carbocycles. The first-order valence-corrected chi connectivity index (χ1v) is 6.14. The lowest BCUT2D eigenvalue weighted by molar-refractivity contribution is 0.0955. The molecular weight excluding hydrogens is 235 g/mol. The van der Waals surface area contributed by atoms with Crippen LogP contribution in [0.1, 0.15) is 10.4 Å². The van der Waals surface area contributed by atoms with Crippen molar-refractivity contribution in [1.82, 2.24) is 5.32 Å². The second-order valence-electron chi connectivity index (χ2n) is 3.13. The molecule has 7 heteroatoms. The maximum Gasteiger partial charge on any atom is 0.251 e.